The molecule has 0 heterocycles. The molecular weight excluding hydrogens is 376 g/mol. The molecule has 0 bridgehead atoms. The van der Waals surface area contributed by atoms with E-state index >= 15 is 0 Å². The Morgan fingerprint density at radius 3 is 2.92 bits per heavy atom. The van der Waals surface area contributed by atoms with Crippen molar-refractivity contribution in [3.63, 3.8) is 0 Å². The molecule has 3 aliphatic rings. The first kappa shape index (κ1) is 17.3. The van der Waals surface area contributed by atoms with E-state index in [1.807, 2.05) is 6.07 Å². The highest BCUT2D eigenvalue weighted by Crippen LogP contribution is 2.62. The average Bonchev–Trinajstić information content (AvgIpc) is 2.91. The highest BCUT2D eigenvalue weighted by molar-refractivity contribution is 9.09. The van der Waals surface area contributed by atoms with Crippen LogP contribution in [0.4, 0.5) is 0 Å². The van der Waals surface area contributed by atoms with E-state index in [0.717, 1.165) is 23.6 Å². The standard InChI is InChI=1S/C22H27BrO2/c1-14(24)25-17-5-7-18-15(13-17)3-6-20-19(18)9-11-22(2)16(10-12-23)4-8-21(20)22/h5,7,10,13,19-21H,3-4,6,8-9,11-12H2,1-2H3. The van der Waals surface area contributed by atoms with Crippen LogP contribution in [-0.4, -0.2) is 11.3 Å². The Morgan fingerprint density at radius 1 is 1.32 bits per heavy atom. The summed E-state index contributed by atoms with van der Waals surface area (Å²) >= 11 is 3.60. The number of fused-ring (bicyclic) bond motifs is 5. The van der Waals surface area contributed by atoms with Gasteiger partial charge in [-0.05, 0) is 85.0 Å². The van der Waals surface area contributed by atoms with Crippen LogP contribution in [-0.2, 0) is 11.2 Å². The molecule has 3 heteroatoms. The number of halogens is 1. The third kappa shape index (κ3) is 2.89. The zero-order valence-corrected chi connectivity index (χ0v) is 16.8. The summed E-state index contributed by atoms with van der Waals surface area (Å²) in [4.78, 5) is 11.2. The Balaban J connectivity index is 1.62. The van der Waals surface area contributed by atoms with Gasteiger partial charge in [-0.1, -0.05) is 40.6 Å². The van der Waals surface area contributed by atoms with E-state index in [0.29, 0.717) is 17.1 Å². The molecule has 1 aromatic rings. The minimum Gasteiger partial charge on any atom is -0.427 e. The SMILES string of the molecule is CC(=O)Oc1ccc2c(c1)CCC1C2CCC2(C)C(=CCBr)CCC12. The van der Waals surface area contributed by atoms with Crippen molar-refractivity contribution in [2.24, 2.45) is 17.3 Å². The summed E-state index contributed by atoms with van der Waals surface area (Å²) in [6, 6.07) is 6.32. The van der Waals surface area contributed by atoms with Gasteiger partial charge in [-0.3, -0.25) is 4.79 Å². The van der Waals surface area contributed by atoms with Gasteiger partial charge in [0.1, 0.15) is 5.75 Å². The molecule has 4 unspecified atom stereocenters. The minimum absolute atomic E-state index is 0.237. The van der Waals surface area contributed by atoms with E-state index in [1.54, 1.807) is 5.57 Å². The van der Waals surface area contributed by atoms with E-state index < -0.39 is 0 Å². The van der Waals surface area contributed by atoms with E-state index in [-0.39, 0.29) is 5.97 Å². The molecule has 3 aliphatic carbocycles. The smallest absolute Gasteiger partial charge is 0.308 e. The fourth-order valence-corrected chi connectivity index (χ4v) is 6.46. The average molecular weight is 403 g/mol. The maximum atomic E-state index is 11.2. The van der Waals surface area contributed by atoms with Crippen LogP contribution in [0, 0.1) is 17.3 Å². The monoisotopic (exact) mass is 402 g/mol. The number of rotatable bonds is 2. The maximum absolute atomic E-state index is 11.2. The van der Waals surface area contributed by atoms with Gasteiger partial charge in [0.25, 0.3) is 0 Å². The highest BCUT2D eigenvalue weighted by Gasteiger charge is 2.52. The van der Waals surface area contributed by atoms with Crippen molar-refractivity contribution in [1.29, 1.82) is 0 Å². The van der Waals surface area contributed by atoms with E-state index in [1.165, 1.54) is 50.2 Å². The Morgan fingerprint density at radius 2 is 2.16 bits per heavy atom. The maximum Gasteiger partial charge on any atom is 0.308 e. The van der Waals surface area contributed by atoms with Gasteiger partial charge < -0.3 is 4.74 Å². The van der Waals surface area contributed by atoms with Gasteiger partial charge >= 0.3 is 5.97 Å². The van der Waals surface area contributed by atoms with Crippen LogP contribution < -0.4 is 4.74 Å². The van der Waals surface area contributed by atoms with Crippen LogP contribution in [0.25, 0.3) is 0 Å². The number of benzene rings is 1. The first-order valence-electron chi connectivity index (χ1n) is 9.59. The molecule has 4 rings (SSSR count). The molecule has 2 nitrogen and oxygen atoms in total. The molecule has 134 valence electrons. The van der Waals surface area contributed by atoms with Crippen LogP contribution in [0.15, 0.2) is 29.8 Å². The second-order valence-electron chi connectivity index (χ2n) is 8.25. The first-order valence-corrected chi connectivity index (χ1v) is 10.7. The van der Waals surface area contributed by atoms with Crippen LogP contribution in [0.1, 0.15) is 63.0 Å². The van der Waals surface area contributed by atoms with E-state index in [2.05, 4.69) is 41.1 Å². The lowest BCUT2D eigenvalue weighted by atomic mass is 9.55. The van der Waals surface area contributed by atoms with Crippen molar-refractivity contribution < 1.29 is 9.53 Å². The Hall–Kier alpha value is -1.09. The van der Waals surface area contributed by atoms with Gasteiger partial charge in [-0.2, -0.15) is 0 Å². The molecule has 2 saturated carbocycles. The Kier molecular flexibility index (Phi) is 4.56. The third-order valence-corrected chi connectivity index (χ3v) is 7.45. The second kappa shape index (κ2) is 6.57. The van der Waals surface area contributed by atoms with Crippen molar-refractivity contribution >= 4 is 21.9 Å². The number of hydrogen-bond donors (Lipinski definition) is 0. The molecular formula is C22H27BrO2. The number of alkyl halides is 1. The number of carbonyl (C=O) groups is 1. The fraction of sp³-hybridized carbons (Fsp3) is 0.591. The summed E-state index contributed by atoms with van der Waals surface area (Å²) in [5, 5.41) is 0.987. The lowest BCUT2D eigenvalue weighted by molar-refractivity contribution is -0.131. The summed E-state index contributed by atoms with van der Waals surface area (Å²) in [7, 11) is 0. The molecule has 2 fully saturated rings. The normalized spacial score (nSPS) is 35.0. The summed E-state index contributed by atoms with van der Waals surface area (Å²) in [6.45, 7) is 3.99. The van der Waals surface area contributed by atoms with Crippen molar-refractivity contribution in [3.8, 4) is 5.75 Å². The van der Waals surface area contributed by atoms with Crippen molar-refractivity contribution in [2.45, 2.75) is 58.3 Å². The molecule has 0 N–H and O–H groups in total. The van der Waals surface area contributed by atoms with Crippen LogP contribution >= 0.6 is 15.9 Å². The number of allylic oxidation sites excluding steroid dienone is 2. The van der Waals surface area contributed by atoms with Crippen molar-refractivity contribution in [2.75, 3.05) is 5.33 Å². The summed E-state index contributed by atoms with van der Waals surface area (Å²) in [5.74, 6) is 2.80. The highest BCUT2D eigenvalue weighted by atomic mass is 79.9. The minimum atomic E-state index is -0.237. The van der Waals surface area contributed by atoms with Crippen LogP contribution in [0.5, 0.6) is 5.75 Å². The number of carbonyl (C=O) groups excluding carboxylic acids is 1. The fourth-order valence-electron chi connectivity index (χ4n) is 6.06. The summed E-state index contributed by atoms with van der Waals surface area (Å²) in [5.41, 5.74) is 5.04. The number of hydrogen-bond acceptors (Lipinski definition) is 2. The number of aryl methyl sites for hydroxylation is 1. The van der Waals surface area contributed by atoms with Crippen LogP contribution in [0.3, 0.4) is 0 Å². The zero-order chi connectivity index (χ0) is 17.6. The van der Waals surface area contributed by atoms with Gasteiger partial charge in [0.05, 0.1) is 0 Å². The topological polar surface area (TPSA) is 26.3 Å². The van der Waals surface area contributed by atoms with E-state index in [4.69, 9.17) is 4.74 Å². The molecule has 0 aromatic heterocycles. The summed E-state index contributed by atoms with van der Waals surface area (Å²) < 4.78 is 5.29. The largest absolute Gasteiger partial charge is 0.427 e. The van der Waals surface area contributed by atoms with Gasteiger partial charge in [-0.25, -0.2) is 0 Å². The third-order valence-electron chi connectivity index (χ3n) is 7.13. The zero-order valence-electron chi connectivity index (χ0n) is 15.2. The molecule has 0 radical (unpaired) electrons. The van der Waals surface area contributed by atoms with Gasteiger partial charge in [0.2, 0.25) is 0 Å². The predicted molar refractivity (Wildman–Crippen MR) is 104 cm³/mol. The molecule has 0 aliphatic heterocycles. The van der Waals surface area contributed by atoms with Gasteiger partial charge in [0.15, 0.2) is 0 Å². The second-order valence-corrected chi connectivity index (χ2v) is 8.90. The molecule has 25 heavy (non-hydrogen) atoms. The van der Waals surface area contributed by atoms with Crippen LogP contribution in [0.2, 0.25) is 0 Å². The number of esters is 1. The quantitative estimate of drug-likeness (QED) is 0.270. The Labute approximate surface area is 159 Å². The van der Waals surface area contributed by atoms with Crippen molar-refractivity contribution in [3.05, 3.63) is 41.0 Å². The lowest BCUT2D eigenvalue weighted by Gasteiger charge is -2.49. The molecule has 0 spiro atoms. The first-order chi connectivity index (χ1) is 12.0. The molecule has 1 aromatic carbocycles. The van der Waals surface area contributed by atoms with Gasteiger partial charge in [0, 0.05) is 12.3 Å². The molecule has 4 atom stereocenters. The molecule has 0 amide bonds. The van der Waals surface area contributed by atoms with E-state index in [9.17, 15) is 4.79 Å². The molecule has 0 saturated heterocycles. The predicted octanol–water partition coefficient (Wildman–Crippen LogP) is 5.79. The Bertz CT molecular complexity index is 723. The van der Waals surface area contributed by atoms with Gasteiger partial charge in [-0.15, -0.1) is 0 Å². The van der Waals surface area contributed by atoms with Crippen molar-refractivity contribution in [1.82, 2.24) is 0 Å². The number of ether oxygens (including phenoxy) is 1. The summed E-state index contributed by atoms with van der Waals surface area (Å²) in [6.07, 6.45) is 10.1. The lowest BCUT2D eigenvalue weighted by Crippen LogP contribution is -2.40.